The van der Waals surface area contributed by atoms with E-state index in [-0.39, 0.29) is 12.3 Å². The molecular weight excluding hydrogens is 414 g/mol. The maximum absolute atomic E-state index is 12.6. The summed E-state index contributed by atoms with van der Waals surface area (Å²) in [6.07, 6.45) is 0.860. The van der Waals surface area contributed by atoms with E-state index in [0.717, 1.165) is 27.9 Å². The molecule has 5 heteroatoms. The molecule has 0 aliphatic heterocycles. The Labute approximate surface area is 194 Å². The van der Waals surface area contributed by atoms with Gasteiger partial charge in [0, 0.05) is 18.7 Å². The molecule has 33 heavy (non-hydrogen) atoms. The first-order chi connectivity index (χ1) is 15.8. The van der Waals surface area contributed by atoms with Gasteiger partial charge in [0.2, 0.25) is 0 Å². The first-order valence-corrected chi connectivity index (χ1v) is 11.3. The summed E-state index contributed by atoms with van der Waals surface area (Å²) in [6.45, 7) is 3.41. The van der Waals surface area contributed by atoms with Crippen LogP contribution >= 0.6 is 0 Å². The van der Waals surface area contributed by atoms with Gasteiger partial charge < -0.3 is 15.1 Å². The number of carboxylic acids is 2. The zero-order chi connectivity index (χ0) is 23.8. The highest BCUT2D eigenvalue weighted by molar-refractivity contribution is 5.92. The molecule has 3 aromatic carbocycles. The Balaban J connectivity index is 1.95. The van der Waals surface area contributed by atoms with Crippen LogP contribution in [0.15, 0.2) is 72.8 Å². The number of likely N-dealkylation sites (N-methyl/N-ethyl adjacent to an activating group) is 1. The van der Waals surface area contributed by atoms with Gasteiger partial charge in [-0.1, -0.05) is 80.1 Å². The maximum Gasteiger partial charge on any atom is 0.330 e. The number of nitrogens with zero attached hydrogens (tertiary/aromatic N) is 1. The first kappa shape index (κ1) is 22.6. The van der Waals surface area contributed by atoms with Crippen molar-refractivity contribution in [2.75, 3.05) is 11.9 Å². The molecule has 170 valence electrons. The van der Waals surface area contributed by atoms with Crippen molar-refractivity contribution >= 4 is 17.6 Å². The number of hydrogen-bond donors (Lipinski definition) is 2. The number of anilines is 1. The van der Waals surface area contributed by atoms with Crippen molar-refractivity contribution in [3.05, 3.63) is 89.5 Å². The summed E-state index contributed by atoms with van der Waals surface area (Å²) in [5.74, 6) is -3.36. The molecule has 0 saturated heterocycles. The second-order valence-electron chi connectivity index (χ2n) is 8.86. The van der Waals surface area contributed by atoms with Gasteiger partial charge in [-0.25, -0.2) is 4.79 Å². The highest BCUT2D eigenvalue weighted by Gasteiger charge is 2.50. The zero-order valence-corrected chi connectivity index (χ0v) is 19.2. The van der Waals surface area contributed by atoms with Crippen LogP contribution in [0.1, 0.15) is 49.3 Å². The smallest absolute Gasteiger partial charge is 0.330 e. The van der Waals surface area contributed by atoms with E-state index < -0.39 is 23.4 Å². The highest BCUT2D eigenvalue weighted by Crippen LogP contribution is 2.52. The molecule has 2 N–H and O–H groups in total. The molecule has 1 aliphatic carbocycles. The molecule has 0 fully saturated rings. The molecule has 0 radical (unpaired) electrons. The van der Waals surface area contributed by atoms with E-state index in [1.165, 1.54) is 12.5 Å². The zero-order valence-electron chi connectivity index (χ0n) is 19.2. The minimum Gasteiger partial charge on any atom is -0.481 e. The van der Waals surface area contributed by atoms with Gasteiger partial charge in [-0.2, -0.15) is 0 Å². The summed E-state index contributed by atoms with van der Waals surface area (Å²) in [5, 5.41) is 20.3. The number of aliphatic carboxylic acids is 2. The number of hydrogen-bond acceptors (Lipinski definition) is 3. The SMILES string of the molecule is CCC[C@H](C(=O)O)[C@@](C)(C(=O)O)N(C)c1cccc2c1C(c1ccccc1)c1ccccc1-2. The van der Waals surface area contributed by atoms with Gasteiger partial charge in [0.1, 0.15) is 5.54 Å². The summed E-state index contributed by atoms with van der Waals surface area (Å²) in [4.78, 5) is 26.5. The van der Waals surface area contributed by atoms with Crippen LogP contribution in [0.2, 0.25) is 0 Å². The van der Waals surface area contributed by atoms with Crippen molar-refractivity contribution in [1.82, 2.24) is 0 Å². The van der Waals surface area contributed by atoms with Crippen LogP contribution < -0.4 is 4.90 Å². The van der Waals surface area contributed by atoms with Gasteiger partial charge in [0.25, 0.3) is 0 Å². The lowest BCUT2D eigenvalue weighted by Crippen LogP contribution is -2.58. The van der Waals surface area contributed by atoms with Crippen molar-refractivity contribution in [2.45, 2.75) is 38.1 Å². The monoisotopic (exact) mass is 443 g/mol. The minimum atomic E-state index is -1.62. The van der Waals surface area contributed by atoms with Crippen LogP contribution in [0.4, 0.5) is 5.69 Å². The quantitative estimate of drug-likeness (QED) is 0.369. The van der Waals surface area contributed by atoms with E-state index in [1.807, 2.05) is 49.4 Å². The van der Waals surface area contributed by atoms with E-state index in [0.29, 0.717) is 6.42 Å². The van der Waals surface area contributed by atoms with Gasteiger partial charge in [-0.15, -0.1) is 0 Å². The topological polar surface area (TPSA) is 77.8 Å². The molecule has 3 aromatic rings. The molecule has 0 amide bonds. The Morgan fingerprint density at radius 1 is 0.939 bits per heavy atom. The number of carboxylic acid groups (broad SMARTS) is 2. The summed E-state index contributed by atoms with van der Waals surface area (Å²) >= 11 is 0. The molecule has 1 unspecified atom stereocenters. The van der Waals surface area contributed by atoms with Gasteiger partial charge in [0.05, 0.1) is 5.92 Å². The summed E-state index contributed by atoms with van der Waals surface area (Å²) in [7, 11) is 1.71. The average Bonchev–Trinajstić information content (AvgIpc) is 3.16. The predicted molar refractivity (Wildman–Crippen MR) is 130 cm³/mol. The fourth-order valence-electron chi connectivity index (χ4n) is 5.24. The van der Waals surface area contributed by atoms with Crippen LogP contribution in [0, 0.1) is 5.92 Å². The standard InChI is InChI=1S/C28H29NO4/c1-4-11-22(26(30)31)28(2,27(32)33)29(3)23-17-10-16-21-19-14-8-9-15-20(19)24(25(21)23)18-12-6-5-7-13-18/h5-10,12-17,22,24H,4,11H2,1-3H3,(H,30,31)(H,32,33)/t22-,24?,28+/m1/s1. The molecule has 0 saturated carbocycles. The first-order valence-electron chi connectivity index (χ1n) is 11.3. The average molecular weight is 444 g/mol. The number of fused-ring (bicyclic) bond motifs is 3. The minimum absolute atomic E-state index is 0.0662. The molecule has 1 aliphatic rings. The Morgan fingerprint density at radius 2 is 1.58 bits per heavy atom. The van der Waals surface area contributed by atoms with E-state index in [1.54, 1.807) is 11.9 Å². The van der Waals surface area contributed by atoms with E-state index in [2.05, 4.69) is 30.3 Å². The van der Waals surface area contributed by atoms with Crippen LogP contribution in [-0.2, 0) is 9.59 Å². The molecule has 3 atom stereocenters. The fourth-order valence-corrected chi connectivity index (χ4v) is 5.24. The Kier molecular flexibility index (Phi) is 5.98. The summed E-state index contributed by atoms with van der Waals surface area (Å²) in [5.41, 5.74) is 4.60. The highest BCUT2D eigenvalue weighted by atomic mass is 16.4. The van der Waals surface area contributed by atoms with Crippen molar-refractivity contribution in [3.63, 3.8) is 0 Å². The molecule has 0 aromatic heterocycles. The van der Waals surface area contributed by atoms with Gasteiger partial charge in [-0.05, 0) is 47.2 Å². The number of benzene rings is 3. The Morgan fingerprint density at radius 3 is 2.21 bits per heavy atom. The van der Waals surface area contributed by atoms with E-state index in [9.17, 15) is 19.8 Å². The third-order valence-corrected chi connectivity index (χ3v) is 7.11. The van der Waals surface area contributed by atoms with Crippen molar-refractivity contribution < 1.29 is 19.8 Å². The molecule has 4 rings (SSSR count). The molecular formula is C28H29NO4. The largest absolute Gasteiger partial charge is 0.481 e. The number of carbonyl (C=O) groups is 2. The maximum atomic E-state index is 12.6. The molecule has 0 bridgehead atoms. The third kappa shape index (κ3) is 3.58. The van der Waals surface area contributed by atoms with E-state index in [4.69, 9.17) is 0 Å². The van der Waals surface area contributed by atoms with Gasteiger partial charge in [0.15, 0.2) is 0 Å². The second-order valence-corrected chi connectivity index (χ2v) is 8.86. The molecule has 5 nitrogen and oxygen atoms in total. The van der Waals surface area contributed by atoms with Crippen molar-refractivity contribution in [3.8, 4) is 11.1 Å². The molecule has 0 spiro atoms. The summed E-state index contributed by atoms with van der Waals surface area (Å²) < 4.78 is 0. The predicted octanol–water partition coefficient (Wildman–Crippen LogP) is 5.63. The van der Waals surface area contributed by atoms with Gasteiger partial charge in [-0.3, -0.25) is 4.79 Å². The normalized spacial score (nSPS) is 16.9. The van der Waals surface area contributed by atoms with Gasteiger partial charge >= 0.3 is 11.9 Å². The molecule has 0 heterocycles. The fraction of sp³-hybridized carbons (Fsp3) is 0.286. The Hall–Kier alpha value is -3.60. The summed E-state index contributed by atoms with van der Waals surface area (Å²) in [6, 6.07) is 24.3. The van der Waals surface area contributed by atoms with Crippen LogP contribution in [0.3, 0.4) is 0 Å². The van der Waals surface area contributed by atoms with Crippen LogP contribution in [0.25, 0.3) is 11.1 Å². The lowest BCUT2D eigenvalue weighted by Gasteiger charge is -2.42. The van der Waals surface area contributed by atoms with Crippen molar-refractivity contribution in [1.29, 1.82) is 0 Å². The second kappa shape index (κ2) is 8.74. The van der Waals surface area contributed by atoms with Crippen LogP contribution in [-0.4, -0.2) is 34.7 Å². The third-order valence-electron chi connectivity index (χ3n) is 7.11. The lowest BCUT2D eigenvalue weighted by molar-refractivity contribution is -0.155. The van der Waals surface area contributed by atoms with Crippen LogP contribution in [0.5, 0.6) is 0 Å². The number of rotatable bonds is 8. The van der Waals surface area contributed by atoms with Crippen molar-refractivity contribution in [2.24, 2.45) is 5.92 Å². The Bertz CT molecular complexity index is 1190. The van der Waals surface area contributed by atoms with E-state index >= 15 is 0 Å². The lowest BCUT2D eigenvalue weighted by atomic mass is 9.79.